The molecule has 5 aliphatic rings. The van der Waals surface area contributed by atoms with Crippen LogP contribution in [-0.2, 0) is 23.5 Å². The van der Waals surface area contributed by atoms with E-state index in [0.29, 0.717) is 35.5 Å². The summed E-state index contributed by atoms with van der Waals surface area (Å²) in [6, 6.07) is 0. The van der Waals surface area contributed by atoms with Crippen LogP contribution in [0.25, 0.3) is 0 Å². The Balaban J connectivity index is 1.28. The Morgan fingerprint density at radius 1 is 0.848 bits per heavy atom. The molecule has 5 rings (SSSR count). The minimum absolute atomic E-state index is 0.0995. The number of nitrogens with one attached hydrogen (secondary N) is 1. The van der Waals surface area contributed by atoms with Crippen LogP contribution in [0.15, 0.2) is 0 Å². The standard InChI is InChI=1S/C26H41NO5S/c1-13-14(2)17-11-16(13)20-18-12-19(21(17)20)23(25(29)30-26(3,4)5)22(18)24(28)27-33-32-31-15-9-7-6-8-10-15/h13-23H,6-12H2,1-5H3,(H,27,28). The lowest BCUT2D eigenvalue weighted by Crippen LogP contribution is -2.49. The maximum atomic E-state index is 13.4. The molecule has 10 atom stereocenters. The molecule has 0 radical (unpaired) electrons. The number of fused-ring (bicyclic) bond motifs is 9. The van der Waals surface area contributed by atoms with E-state index in [1.165, 1.54) is 12.8 Å². The van der Waals surface area contributed by atoms with Crippen molar-refractivity contribution in [3.63, 3.8) is 0 Å². The molecule has 5 fully saturated rings. The molecule has 0 aromatic heterocycles. The summed E-state index contributed by atoms with van der Waals surface area (Å²) in [6.07, 6.45) is 7.94. The molecule has 0 aliphatic heterocycles. The highest BCUT2D eigenvalue weighted by Crippen LogP contribution is 2.72. The molecule has 1 amide bonds. The van der Waals surface area contributed by atoms with Crippen LogP contribution in [0.4, 0.5) is 0 Å². The molecule has 6 nitrogen and oxygen atoms in total. The molecule has 10 unspecified atom stereocenters. The van der Waals surface area contributed by atoms with E-state index in [0.717, 1.165) is 44.3 Å². The summed E-state index contributed by atoms with van der Waals surface area (Å²) in [5.74, 6) is 3.51. The maximum absolute atomic E-state index is 13.4. The first-order valence-electron chi connectivity index (χ1n) is 13.2. The van der Waals surface area contributed by atoms with Crippen LogP contribution in [0.2, 0.25) is 0 Å². The lowest BCUT2D eigenvalue weighted by molar-refractivity contribution is -0.238. The van der Waals surface area contributed by atoms with Gasteiger partial charge in [0.05, 0.1) is 17.9 Å². The minimum Gasteiger partial charge on any atom is -0.460 e. The van der Waals surface area contributed by atoms with E-state index >= 15 is 0 Å². The molecular formula is C26H41NO5S. The summed E-state index contributed by atoms with van der Waals surface area (Å²) in [5.41, 5.74) is -0.554. The zero-order valence-corrected chi connectivity index (χ0v) is 21.6. The Labute approximate surface area is 202 Å². The molecular weight excluding hydrogens is 438 g/mol. The Bertz CT molecular complexity index is 762. The first-order valence-corrected chi connectivity index (χ1v) is 13.9. The number of hydrogen-bond acceptors (Lipinski definition) is 6. The Morgan fingerprint density at radius 2 is 1.42 bits per heavy atom. The van der Waals surface area contributed by atoms with Crippen molar-refractivity contribution < 1.29 is 23.5 Å². The van der Waals surface area contributed by atoms with Gasteiger partial charge in [0, 0.05) is 0 Å². The van der Waals surface area contributed by atoms with Crippen LogP contribution in [0, 0.1) is 59.2 Å². The number of carbonyl (C=O) groups is 2. The van der Waals surface area contributed by atoms with Crippen molar-refractivity contribution in [3.8, 4) is 0 Å². The molecule has 7 heteroatoms. The smallest absolute Gasteiger partial charge is 0.310 e. The van der Waals surface area contributed by atoms with Gasteiger partial charge in [-0.2, -0.15) is 0 Å². The van der Waals surface area contributed by atoms with Gasteiger partial charge >= 0.3 is 5.97 Å². The second-order valence-corrected chi connectivity index (χ2v) is 13.1. The van der Waals surface area contributed by atoms with Gasteiger partial charge in [-0.3, -0.25) is 14.3 Å². The van der Waals surface area contributed by atoms with Crippen molar-refractivity contribution >= 4 is 24.1 Å². The molecule has 0 saturated heterocycles. The fourth-order valence-electron chi connectivity index (χ4n) is 8.66. The Morgan fingerprint density at radius 3 is 2.03 bits per heavy atom. The van der Waals surface area contributed by atoms with Gasteiger partial charge in [0.25, 0.3) is 0 Å². The third-order valence-corrected chi connectivity index (χ3v) is 10.3. The van der Waals surface area contributed by atoms with E-state index in [1.54, 1.807) is 0 Å². The lowest BCUT2D eigenvalue weighted by Gasteiger charge is -2.45. The third kappa shape index (κ3) is 4.24. The molecule has 0 aromatic carbocycles. The molecule has 186 valence electrons. The zero-order chi connectivity index (χ0) is 23.5. The van der Waals surface area contributed by atoms with Gasteiger partial charge in [-0.05, 0) is 93.8 Å². The van der Waals surface area contributed by atoms with E-state index < -0.39 is 5.60 Å². The summed E-state index contributed by atoms with van der Waals surface area (Å²) in [5, 5.41) is 0. The average Bonchev–Trinajstić information content (AvgIpc) is 3.49. The van der Waals surface area contributed by atoms with Gasteiger partial charge in [0.1, 0.15) is 5.60 Å². The number of carbonyl (C=O) groups excluding carboxylic acids is 2. The minimum atomic E-state index is -0.554. The highest BCUT2D eigenvalue weighted by atomic mass is 32.2. The normalized spacial score (nSPS) is 44.2. The predicted molar refractivity (Wildman–Crippen MR) is 126 cm³/mol. The molecule has 5 aliphatic carbocycles. The third-order valence-electron chi connectivity index (χ3n) is 9.89. The molecule has 0 spiro atoms. The van der Waals surface area contributed by atoms with Crippen molar-refractivity contribution in [2.24, 2.45) is 59.2 Å². The monoisotopic (exact) mass is 479 g/mol. The summed E-state index contributed by atoms with van der Waals surface area (Å²) in [4.78, 5) is 32.3. The average molecular weight is 480 g/mol. The molecule has 5 saturated carbocycles. The van der Waals surface area contributed by atoms with Crippen LogP contribution in [0.1, 0.15) is 79.6 Å². The van der Waals surface area contributed by atoms with Crippen molar-refractivity contribution in [1.29, 1.82) is 0 Å². The number of rotatable bonds is 6. The van der Waals surface area contributed by atoms with Crippen LogP contribution in [-0.4, -0.2) is 23.6 Å². The van der Waals surface area contributed by atoms with E-state index in [9.17, 15) is 9.59 Å². The van der Waals surface area contributed by atoms with E-state index in [-0.39, 0.29) is 41.7 Å². The highest BCUT2D eigenvalue weighted by molar-refractivity contribution is 7.93. The Hall–Kier alpha value is -0.790. The fraction of sp³-hybridized carbons (Fsp3) is 0.923. The predicted octanol–water partition coefficient (Wildman–Crippen LogP) is 5.32. The molecule has 1 N–H and O–H groups in total. The summed E-state index contributed by atoms with van der Waals surface area (Å²) in [6.45, 7) is 10.5. The van der Waals surface area contributed by atoms with Gasteiger partial charge < -0.3 is 4.74 Å². The highest BCUT2D eigenvalue weighted by Gasteiger charge is 2.71. The summed E-state index contributed by atoms with van der Waals surface area (Å²) >= 11 is 0.864. The van der Waals surface area contributed by atoms with E-state index in [2.05, 4.69) is 18.6 Å². The van der Waals surface area contributed by atoms with Gasteiger partial charge in [0.15, 0.2) is 12.2 Å². The second-order valence-electron chi connectivity index (χ2n) is 12.6. The number of amides is 1. The van der Waals surface area contributed by atoms with Crippen molar-refractivity contribution in [2.45, 2.75) is 91.3 Å². The van der Waals surface area contributed by atoms with Crippen LogP contribution in [0.5, 0.6) is 0 Å². The zero-order valence-electron chi connectivity index (χ0n) is 20.8. The lowest BCUT2D eigenvalue weighted by atomic mass is 9.59. The fourth-order valence-corrected chi connectivity index (χ4v) is 9.06. The summed E-state index contributed by atoms with van der Waals surface area (Å²) < 4.78 is 14.0. The largest absolute Gasteiger partial charge is 0.460 e. The van der Waals surface area contributed by atoms with Crippen molar-refractivity contribution in [2.75, 3.05) is 0 Å². The van der Waals surface area contributed by atoms with Crippen molar-refractivity contribution in [3.05, 3.63) is 0 Å². The van der Waals surface area contributed by atoms with Gasteiger partial charge in [-0.15, -0.1) is 4.33 Å². The number of hydrogen-bond donors (Lipinski definition) is 1. The van der Waals surface area contributed by atoms with Gasteiger partial charge in [-0.25, -0.2) is 4.89 Å². The van der Waals surface area contributed by atoms with Gasteiger partial charge in [-0.1, -0.05) is 33.1 Å². The summed E-state index contributed by atoms with van der Waals surface area (Å²) in [7, 11) is 0. The molecule has 33 heavy (non-hydrogen) atoms. The maximum Gasteiger partial charge on any atom is 0.310 e. The topological polar surface area (TPSA) is 73.9 Å². The quantitative estimate of drug-likeness (QED) is 0.106. The SMILES string of the molecule is CC1C(C)C2CC1C1C3CC(C(C(=O)OC(C)(C)C)C3C(=O)NSOOC3CCCCC3)C21. The molecule has 4 bridgehead atoms. The number of ether oxygens (including phenoxy) is 1. The van der Waals surface area contributed by atoms with E-state index in [1.807, 2.05) is 20.8 Å². The van der Waals surface area contributed by atoms with Crippen molar-refractivity contribution in [1.82, 2.24) is 4.72 Å². The first-order chi connectivity index (χ1) is 15.7. The van der Waals surface area contributed by atoms with E-state index in [4.69, 9.17) is 14.0 Å². The molecule has 0 aromatic rings. The molecule has 0 heterocycles. The number of esters is 1. The second kappa shape index (κ2) is 9.02. The Kier molecular flexibility index (Phi) is 6.54. The van der Waals surface area contributed by atoms with Crippen LogP contribution < -0.4 is 4.72 Å². The first kappa shape index (κ1) is 23.9. The van der Waals surface area contributed by atoms with Crippen LogP contribution >= 0.6 is 12.2 Å². The van der Waals surface area contributed by atoms with Crippen LogP contribution in [0.3, 0.4) is 0 Å². The van der Waals surface area contributed by atoms with Gasteiger partial charge in [0.2, 0.25) is 5.91 Å².